The molecule has 2 saturated carbocycles. The SMILES string of the molecule is CNc1cc(NC2(CO)CC2)nc(C2CC2)n1. The first kappa shape index (κ1) is 10.8. The van der Waals surface area contributed by atoms with Gasteiger partial charge >= 0.3 is 0 Å². The molecule has 0 aromatic carbocycles. The van der Waals surface area contributed by atoms with Crippen molar-refractivity contribution in [2.75, 3.05) is 24.3 Å². The average Bonchev–Trinajstić information content (AvgIpc) is 3.23. The van der Waals surface area contributed by atoms with Crippen LogP contribution in [0.15, 0.2) is 6.07 Å². The number of anilines is 2. The maximum Gasteiger partial charge on any atom is 0.136 e. The summed E-state index contributed by atoms with van der Waals surface area (Å²) in [6.07, 6.45) is 4.41. The van der Waals surface area contributed by atoms with Gasteiger partial charge in [0.1, 0.15) is 17.5 Å². The molecule has 1 heterocycles. The summed E-state index contributed by atoms with van der Waals surface area (Å²) in [5.41, 5.74) is -0.125. The summed E-state index contributed by atoms with van der Waals surface area (Å²) in [6.45, 7) is 0.171. The van der Waals surface area contributed by atoms with Gasteiger partial charge in [0.15, 0.2) is 0 Å². The van der Waals surface area contributed by atoms with Crippen molar-refractivity contribution in [3.63, 3.8) is 0 Å². The number of hydrogen-bond acceptors (Lipinski definition) is 5. The fourth-order valence-electron chi connectivity index (χ4n) is 1.93. The Kier molecular flexibility index (Phi) is 2.43. The van der Waals surface area contributed by atoms with Crippen LogP contribution < -0.4 is 10.6 Å². The number of aliphatic hydroxyl groups is 1. The first-order valence-corrected chi connectivity index (χ1v) is 6.20. The highest BCUT2D eigenvalue weighted by molar-refractivity contribution is 5.50. The Hall–Kier alpha value is -1.36. The van der Waals surface area contributed by atoms with Gasteiger partial charge in [-0.2, -0.15) is 0 Å². The second-order valence-corrected chi connectivity index (χ2v) is 5.08. The number of aliphatic hydroxyl groups excluding tert-OH is 1. The van der Waals surface area contributed by atoms with Gasteiger partial charge in [0.25, 0.3) is 0 Å². The van der Waals surface area contributed by atoms with Crippen molar-refractivity contribution in [1.82, 2.24) is 9.97 Å². The highest BCUT2D eigenvalue weighted by Gasteiger charge is 2.42. The van der Waals surface area contributed by atoms with Crippen LogP contribution in [-0.4, -0.2) is 34.3 Å². The van der Waals surface area contributed by atoms with E-state index >= 15 is 0 Å². The number of rotatable bonds is 5. The minimum Gasteiger partial charge on any atom is -0.394 e. The molecule has 0 radical (unpaired) electrons. The molecule has 2 aliphatic carbocycles. The van der Waals surface area contributed by atoms with Crippen LogP contribution in [-0.2, 0) is 0 Å². The largest absolute Gasteiger partial charge is 0.394 e. The van der Waals surface area contributed by atoms with Crippen molar-refractivity contribution < 1.29 is 5.11 Å². The summed E-state index contributed by atoms with van der Waals surface area (Å²) < 4.78 is 0. The molecule has 0 aliphatic heterocycles. The van der Waals surface area contributed by atoms with Crippen LogP contribution in [0.3, 0.4) is 0 Å². The normalized spacial score (nSPS) is 21.1. The Labute approximate surface area is 101 Å². The van der Waals surface area contributed by atoms with Crippen LogP contribution in [0.25, 0.3) is 0 Å². The third kappa shape index (κ3) is 2.20. The summed E-state index contributed by atoms with van der Waals surface area (Å²) in [4.78, 5) is 9.01. The zero-order chi connectivity index (χ0) is 11.9. The van der Waals surface area contributed by atoms with Gasteiger partial charge in [-0.3, -0.25) is 0 Å². The molecule has 5 nitrogen and oxygen atoms in total. The third-order valence-corrected chi connectivity index (χ3v) is 3.49. The highest BCUT2D eigenvalue weighted by atomic mass is 16.3. The minimum absolute atomic E-state index is 0.125. The molecule has 2 fully saturated rings. The lowest BCUT2D eigenvalue weighted by Crippen LogP contribution is -2.26. The zero-order valence-electron chi connectivity index (χ0n) is 10.0. The molecule has 17 heavy (non-hydrogen) atoms. The lowest BCUT2D eigenvalue weighted by molar-refractivity contribution is 0.266. The van der Waals surface area contributed by atoms with E-state index in [2.05, 4.69) is 20.6 Å². The van der Waals surface area contributed by atoms with Gasteiger partial charge in [-0.15, -0.1) is 0 Å². The first-order valence-electron chi connectivity index (χ1n) is 6.20. The van der Waals surface area contributed by atoms with E-state index in [1.165, 1.54) is 12.8 Å². The maximum atomic E-state index is 9.31. The highest BCUT2D eigenvalue weighted by Crippen LogP contribution is 2.41. The Morgan fingerprint density at radius 3 is 2.59 bits per heavy atom. The Morgan fingerprint density at radius 1 is 1.35 bits per heavy atom. The molecule has 0 amide bonds. The molecule has 0 spiro atoms. The molecule has 1 aromatic rings. The van der Waals surface area contributed by atoms with Crippen molar-refractivity contribution >= 4 is 11.6 Å². The van der Waals surface area contributed by atoms with Crippen LogP contribution >= 0.6 is 0 Å². The van der Waals surface area contributed by atoms with Crippen molar-refractivity contribution in [3.05, 3.63) is 11.9 Å². The van der Waals surface area contributed by atoms with Crippen LogP contribution in [0.2, 0.25) is 0 Å². The minimum atomic E-state index is -0.125. The number of aromatic nitrogens is 2. The fraction of sp³-hybridized carbons (Fsp3) is 0.667. The van der Waals surface area contributed by atoms with Crippen molar-refractivity contribution in [2.45, 2.75) is 37.1 Å². The second kappa shape index (κ2) is 3.84. The topological polar surface area (TPSA) is 70.1 Å². The van der Waals surface area contributed by atoms with Crippen LogP contribution in [0, 0.1) is 0 Å². The zero-order valence-corrected chi connectivity index (χ0v) is 10.0. The van der Waals surface area contributed by atoms with Gasteiger partial charge < -0.3 is 15.7 Å². The molecule has 3 rings (SSSR count). The molecular weight excluding hydrogens is 216 g/mol. The molecule has 3 N–H and O–H groups in total. The average molecular weight is 234 g/mol. The Bertz CT molecular complexity index is 427. The third-order valence-electron chi connectivity index (χ3n) is 3.49. The van der Waals surface area contributed by atoms with Crippen LogP contribution in [0.4, 0.5) is 11.6 Å². The van der Waals surface area contributed by atoms with Gasteiger partial charge in [0, 0.05) is 19.0 Å². The lowest BCUT2D eigenvalue weighted by Gasteiger charge is -2.16. The molecular formula is C12H18N4O. The molecule has 0 saturated heterocycles. The van der Waals surface area contributed by atoms with Gasteiger partial charge in [-0.05, 0) is 25.7 Å². The molecule has 92 valence electrons. The van der Waals surface area contributed by atoms with E-state index < -0.39 is 0 Å². The van der Waals surface area contributed by atoms with E-state index in [0.717, 1.165) is 30.3 Å². The van der Waals surface area contributed by atoms with Gasteiger partial charge in [0.2, 0.25) is 0 Å². The van der Waals surface area contributed by atoms with Crippen molar-refractivity contribution in [1.29, 1.82) is 0 Å². The molecule has 1 aromatic heterocycles. The molecule has 5 heteroatoms. The summed E-state index contributed by atoms with van der Waals surface area (Å²) in [7, 11) is 1.86. The Balaban J connectivity index is 1.84. The molecule has 0 atom stereocenters. The van der Waals surface area contributed by atoms with Crippen molar-refractivity contribution in [2.24, 2.45) is 0 Å². The lowest BCUT2D eigenvalue weighted by atomic mass is 10.3. The van der Waals surface area contributed by atoms with E-state index in [0.29, 0.717) is 5.92 Å². The predicted octanol–water partition coefficient (Wildman–Crippen LogP) is 1.33. The van der Waals surface area contributed by atoms with Crippen LogP contribution in [0.5, 0.6) is 0 Å². The monoisotopic (exact) mass is 234 g/mol. The summed E-state index contributed by atoms with van der Waals surface area (Å²) in [5, 5.41) is 15.7. The first-order chi connectivity index (χ1) is 8.24. The summed E-state index contributed by atoms with van der Waals surface area (Å²) in [6, 6.07) is 1.90. The van der Waals surface area contributed by atoms with Crippen LogP contribution in [0.1, 0.15) is 37.4 Å². The molecule has 2 aliphatic rings. The maximum absolute atomic E-state index is 9.31. The van der Waals surface area contributed by atoms with Gasteiger partial charge in [0.05, 0.1) is 12.1 Å². The predicted molar refractivity (Wildman–Crippen MR) is 66.2 cm³/mol. The van der Waals surface area contributed by atoms with E-state index in [1.807, 2.05) is 13.1 Å². The Morgan fingerprint density at radius 2 is 2.06 bits per heavy atom. The van der Waals surface area contributed by atoms with Crippen molar-refractivity contribution in [3.8, 4) is 0 Å². The number of nitrogens with zero attached hydrogens (tertiary/aromatic N) is 2. The molecule has 0 unspecified atom stereocenters. The smallest absolute Gasteiger partial charge is 0.136 e. The van der Waals surface area contributed by atoms with Gasteiger partial charge in [-0.1, -0.05) is 0 Å². The molecule has 0 bridgehead atoms. The fourth-order valence-corrected chi connectivity index (χ4v) is 1.93. The second-order valence-electron chi connectivity index (χ2n) is 5.08. The van der Waals surface area contributed by atoms with Gasteiger partial charge in [-0.25, -0.2) is 9.97 Å². The standard InChI is InChI=1S/C12H18N4O/c1-13-9-6-10(16-12(7-17)4-5-12)15-11(14-9)8-2-3-8/h6,8,17H,2-5,7H2,1H3,(H2,13,14,15,16). The van der Waals surface area contributed by atoms with E-state index in [4.69, 9.17) is 0 Å². The summed E-state index contributed by atoms with van der Waals surface area (Å²) >= 11 is 0. The quantitative estimate of drug-likeness (QED) is 0.717. The van der Waals surface area contributed by atoms with E-state index in [-0.39, 0.29) is 12.1 Å². The summed E-state index contributed by atoms with van der Waals surface area (Å²) in [5.74, 6) is 3.14. The van der Waals surface area contributed by atoms with E-state index in [1.54, 1.807) is 0 Å². The number of nitrogens with one attached hydrogen (secondary N) is 2. The van der Waals surface area contributed by atoms with E-state index in [9.17, 15) is 5.11 Å². The number of hydrogen-bond donors (Lipinski definition) is 3.